The van der Waals surface area contributed by atoms with Gasteiger partial charge in [-0.15, -0.1) is 12.4 Å². The first-order valence-electron chi connectivity index (χ1n) is 9.88. The van der Waals surface area contributed by atoms with Crippen molar-refractivity contribution in [2.45, 2.75) is 57.9 Å². The highest BCUT2D eigenvalue weighted by molar-refractivity contribution is 5.96. The van der Waals surface area contributed by atoms with Crippen LogP contribution < -0.4 is 16.4 Å². The smallest absolute Gasteiger partial charge is 0.240 e. The Morgan fingerprint density at radius 3 is 2.29 bits per heavy atom. The van der Waals surface area contributed by atoms with Gasteiger partial charge in [0.25, 0.3) is 0 Å². The number of carbonyl (C=O) groups excluding carboxylic acids is 2. The van der Waals surface area contributed by atoms with Crippen LogP contribution >= 0.6 is 12.4 Å². The first-order valence-corrected chi connectivity index (χ1v) is 9.88. The van der Waals surface area contributed by atoms with E-state index in [-0.39, 0.29) is 24.2 Å². The van der Waals surface area contributed by atoms with E-state index in [1.165, 1.54) is 5.56 Å². The lowest BCUT2D eigenvalue weighted by atomic mass is 9.83. The molecule has 0 aromatic heterocycles. The summed E-state index contributed by atoms with van der Waals surface area (Å²) in [7, 11) is 0. The SMILES string of the molecule is Cc1ccc(NC(=O)C2(CNC(=O)C3(N)CCOCC3)CCCC2)cc1C.Cl. The van der Waals surface area contributed by atoms with Crippen LogP contribution in [0.15, 0.2) is 18.2 Å². The Hall–Kier alpha value is -1.63. The fraction of sp³-hybridized carbons (Fsp3) is 0.619. The zero-order chi connectivity index (χ0) is 19.5. The summed E-state index contributed by atoms with van der Waals surface area (Å²) in [4.78, 5) is 25.7. The molecular weight excluding hydrogens is 378 g/mol. The molecule has 1 aromatic carbocycles. The molecule has 2 fully saturated rings. The number of nitrogens with two attached hydrogens (primary N) is 1. The van der Waals surface area contributed by atoms with Crippen molar-refractivity contribution in [3.05, 3.63) is 29.3 Å². The van der Waals surface area contributed by atoms with Crippen LogP contribution in [0, 0.1) is 19.3 Å². The van der Waals surface area contributed by atoms with Gasteiger partial charge in [0, 0.05) is 25.4 Å². The van der Waals surface area contributed by atoms with E-state index in [1.807, 2.05) is 32.0 Å². The van der Waals surface area contributed by atoms with Crippen molar-refractivity contribution in [2.24, 2.45) is 11.1 Å². The Bertz CT molecular complexity index is 711. The molecule has 4 N–H and O–H groups in total. The number of nitrogens with one attached hydrogen (secondary N) is 2. The zero-order valence-electron chi connectivity index (χ0n) is 16.8. The van der Waals surface area contributed by atoms with Gasteiger partial charge in [-0.2, -0.15) is 0 Å². The summed E-state index contributed by atoms with van der Waals surface area (Å²) in [5, 5.41) is 6.05. The summed E-state index contributed by atoms with van der Waals surface area (Å²) in [5.41, 5.74) is 7.97. The van der Waals surface area contributed by atoms with Crippen LogP contribution in [0.2, 0.25) is 0 Å². The van der Waals surface area contributed by atoms with Gasteiger partial charge < -0.3 is 21.1 Å². The third-order valence-corrected chi connectivity index (χ3v) is 6.23. The molecule has 0 unspecified atom stereocenters. The molecule has 0 atom stereocenters. The lowest BCUT2D eigenvalue weighted by Gasteiger charge is -2.34. The third-order valence-electron chi connectivity index (χ3n) is 6.23. The highest BCUT2D eigenvalue weighted by Crippen LogP contribution is 2.39. The average Bonchev–Trinajstić information content (AvgIpc) is 3.13. The lowest BCUT2D eigenvalue weighted by molar-refractivity contribution is -0.131. The van der Waals surface area contributed by atoms with E-state index in [1.54, 1.807) is 0 Å². The van der Waals surface area contributed by atoms with Crippen molar-refractivity contribution in [1.29, 1.82) is 0 Å². The van der Waals surface area contributed by atoms with Gasteiger partial charge in [-0.05, 0) is 62.8 Å². The first-order chi connectivity index (χ1) is 12.8. The number of anilines is 1. The van der Waals surface area contributed by atoms with E-state index in [9.17, 15) is 9.59 Å². The van der Waals surface area contributed by atoms with Crippen LogP contribution in [-0.2, 0) is 14.3 Å². The molecule has 1 aliphatic carbocycles. The Labute approximate surface area is 173 Å². The molecule has 3 rings (SSSR count). The predicted molar refractivity (Wildman–Crippen MR) is 113 cm³/mol. The summed E-state index contributed by atoms with van der Waals surface area (Å²) in [6, 6.07) is 5.93. The topological polar surface area (TPSA) is 93.5 Å². The van der Waals surface area contributed by atoms with Gasteiger partial charge in [-0.25, -0.2) is 0 Å². The molecule has 0 radical (unpaired) electrons. The molecule has 6 nitrogen and oxygen atoms in total. The Morgan fingerprint density at radius 2 is 1.68 bits per heavy atom. The molecule has 1 aromatic rings. The number of ether oxygens (including phenoxy) is 1. The molecule has 1 heterocycles. The maximum atomic E-state index is 13.1. The second kappa shape index (κ2) is 9.25. The lowest BCUT2D eigenvalue weighted by Crippen LogP contribution is -2.58. The van der Waals surface area contributed by atoms with Crippen molar-refractivity contribution in [3.63, 3.8) is 0 Å². The molecule has 0 spiro atoms. The van der Waals surface area contributed by atoms with E-state index in [2.05, 4.69) is 10.6 Å². The maximum Gasteiger partial charge on any atom is 0.240 e. The minimum Gasteiger partial charge on any atom is -0.381 e. The minimum absolute atomic E-state index is 0. The van der Waals surface area contributed by atoms with Crippen LogP contribution in [0.25, 0.3) is 0 Å². The van der Waals surface area contributed by atoms with Crippen LogP contribution in [0.3, 0.4) is 0 Å². The van der Waals surface area contributed by atoms with Gasteiger partial charge in [0.15, 0.2) is 0 Å². The van der Waals surface area contributed by atoms with Crippen molar-refractivity contribution >= 4 is 29.9 Å². The monoisotopic (exact) mass is 409 g/mol. The summed E-state index contributed by atoms with van der Waals surface area (Å²) in [6.45, 7) is 5.42. The fourth-order valence-corrected chi connectivity index (χ4v) is 4.01. The summed E-state index contributed by atoms with van der Waals surface area (Å²) in [5.74, 6) is -0.183. The average molecular weight is 410 g/mol. The summed E-state index contributed by atoms with van der Waals surface area (Å²) in [6.07, 6.45) is 4.59. The second-order valence-electron chi connectivity index (χ2n) is 8.19. The largest absolute Gasteiger partial charge is 0.381 e. The molecule has 156 valence electrons. The maximum absolute atomic E-state index is 13.1. The number of carbonyl (C=O) groups is 2. The summed E-state index contributed by atoms with van der Waals surface area (Å²) < 4.78 is 5.31. The van der Waals surface area contributed by atoms with Gasteiger partial charge in [-0.1, -0.05) is 18.9 Å². The van der Waals surface area contributed by atoms with E-state index in [0.717, 1.165) is 36.9 Å². The molecule has 28 heavy (non-hydrogen) atoms. The number of benzene rings is 1. The number of halogens is 1. The molecule has 1 saturated heterocycles. The predicted octanol–water partition coefficient (Wildman–Crippen LogP) is 2.85. The molecule has 2 aliphatic rings. The summed E-state index contributed by atoms with van der Waals surface area (Å²) >= 11 is 0. The van der Waals surface area contributed by atoms with Crippen molar-refractivity contribution in [2.75, 3.05) is 25.1 Å². The number of amides is 2. The highest BCUT2D eigenvalue weighted by Gasteiger charge is 2.43. The molecule has 1 saturated carbocycles. The second-order valence-corrected chi connectivity index (χ2v) is 8.19. The van der Waals surface area contributed by atoms with Gasteiger partial charge in [-0.3, -0.25) is 9.59 Å². The van der Waals surface area contributed by atoms with Gasteiger partial charge in [0.1, 0.15) is 0 Å². The first kappa shape index (κ1) is 22.7. The Balaban J connectivity index is 0.00000280. The molecule has 0 bridgehead atoms. The third kappa shape index (κ3) is 4.85. The van der Waals surface area contributed by atoms with Crippen molar-refractivity contribution in [3.8, 4) is 0 Å². The minimum atomic E-state index is -0.886. The standard InChI is InChI=1S/C21H31N3O3.ClH/c1-15-5-6-17(13-16(15)2)24-18(25)20(7-3-4-8-20)14-23-19(26)21(22)9-11-27-12-10-21;/h5-6,13H,3-4,7-12,14,22H2,1-2H3,(H,23,26)(H,24,25);1H. The molecule has 7 heteroatoms. The van der Waals surface area contributed by atoms with Gasteiger partial charge >= 0.3 is 0 Å². The number of aryl methyl sites for hydroxylation is 2. The van der Waals surface area contributed by atoms with E-state index >= 15 is 0 Å². The number of rotatable bonds is 5. The van der Waals surface area contributed by atoms with Gasteiger partial charge in [0.2, 0.25) is 11.8 Å². The van der Waals surface area contributed by atoms with Crippen LogP contribution in [-0.4, -0.2) is 37.1 Å². The van der Waals surface area contributed by atoms with Crippen LogP contribution in [0.5, 0.6) is 0 Å². The molecule has 1 aliphatic heterocycles. The Kier molecular flexibility index (Phi) is 7.48. The van der Waals surface area contributed by atoms with Crippen LogP contribution in [0.4, 0.5) is 5.69 Å². The number of hydrogen-bond donors (Lipinski definition) is 3. The Morgan fingerprint density at radius 1 is 1.04 bits per heavy atom. The van der Waals surface area contributed by atoms with E-state index in [4.69, 9.17) is 10.5 Å². The van der Waals surface area contributed by atoms with Gasteiger partial charge in [0.05, 0.1) is 11.0 Å². The fourth-order valence-electron chi connectivity index (χ4n) is 4.01. The van der Waals surface area contributed by atoms with E-state index in [0.29, 0.717) is 32.6 Å². The quantitative estimate of drug-likeness (QED) is 0.697. The molecule has 2 amide bonds. The van der Waals surface area contributed by atoms with Crippen molar-refractivity contribution < 1.29 is 14.3 Å². The normalized spacial score (nSPS) is 20.1. The van der Waals surface area contributed by atoms with Crippen LogP contribution in [0.1, 0.15) is 49.7 Å². The highest BCUT2D eigenvalue weighted by atomic mass is 35.5. The van der Waals surface area contributed by atoms with Crippen molar-refractivity contribution in [1.82, 2.24) is 5.32 Å². The number of hydrogen-bond acceptors (Lipinski definition) is 4. The van der Waals surface area contributed by atoms with E-state index < -0.39 is 11.0 Å². The zero-order valence-corrected chi connectivity index (χ0v) is 17.6. The molecular formula is C21H32ClN3O3.